The van der Waals surface area contributed by atoms with E-state index in [1.165, 1.54) is 11.4 Å². The number of aliphatic hydroxyl groups excluding tert-OH is 1. The highest BCUT2D eigenvalue weighted by molar-refractivity contribution is 7.09. The number of hydrogen-bond donors (Lipinski definition) is 1. The molecule has 0 amide bonds. The molecule has 2 nitrogen and oxygen atoms in total. The molecule has 3 rings (SSSR count). The molecule has 2 unspecified atom stereocenters. The molecule has 1 aromatic heterocycles. The van der Waals surface area contributed by atoms with Gasteiger partial charge in [0.2, 0.25) is 0 Å². The molecule has 0 saturated heterocycles. The highest BCUT2D eigenvalue weighted by atomic mass is 32.1. The molecule has 1 fully saturated rings. The minimum atomic E-state index is -0.455. The van der Waals surface area contributed by atoms with Gasteiger partial charge < -0.3 is 5.11 Å². The van der Waals surface area contributed by atoms with Crippen molar-refractivity contribution in [1.29, 1.82) is 0 Å². The van der Waals surface area contributed by atoms with Gasteiger partial charge in [0.25, 0.3) is 0 Å². The number of thiazole rings is 1. The zero-order valence-electron chi connectivity index (χ0n) is 11.3. The molecule has 0 aliphatic heterocycles. The molecule has 1 saturated carbocycles. The van der Waals surface area contributed by atoms with Gasteiger partial charge in [0, 0.05) is 17.7 Å². The van der Waals surface area contributed by atoms with Crippen molar-refractivity contribution in [1.82, 2.24) is 4.98 Å². The predicted molar refractivity (Wildman–Crippen MR) is 78.4 cm³/mol. The molecule has 3 heteroatoms. The first-order valence-corrected chi connectivity index (χ1v) is 7.61. The van der Waals surface area contributed by atoms with Gasteiger partial charge in [0.05, 0.1) is 16.8 Å². The van der Waals surface area contributed by atoms with Crippen LogP contribution in [0.3, 0.4) is 0 Å². The van der Waals surface area contributed by atoms with E-state index in [9.17, 15) is 5.11 Å². The maximum Gasteiger partial charge on any atom is 0.0964 e. The van der Waals surface area contributed by atoms with Crippen molar-refractivity contribution in [2.45, 2.75) is 38.7 Å². The first kappa shape index (κ1) is 12.8. The van der Waals surface area contributed by atoms with E-state index in [4.69, 9.17) is 4.98 Å². The Morgan fingerprint density at radius 2 is 2.05 bits per heavy atom. The summed E-state index contributed by atoms with van der Waals surface area (Å²) in [7, 11) is 0. The molecule has 1 heterocycles. The summed E-state index contributed by atoms with van der Waals surface area (Å²) in [4.78, 5) is 4.69. The highest BCUT2D eigenvalue weighted by Gasteiger charge is 2.48. The molecular weight excluding hydrogens is 254 g/mol. The topological polar surface area (TPSA) is 33.1 Å². The summed E-state index contributed by atoms with van der Waals surface area (Å²) in [6.07, 6.45) is 1.39. The Kier molecular flexibility index (Phi) is 3.19. The van der Waals surface area contributed by atoms with Gasteiger partial charge in [0.15, 0.2) is 0 Å². The molecule has 1 aromatic carbocycles. The molecule has 1 N–H and O–H groups in total. The van der Waals surface area contributed by atoms with Crippen LogP contribution in [0.4, 0.5) is 0 Å². The van der Waals surface area contributed by atoms with Crippen LogP contribution in [0.1, 0.15) is 48.6 Å². The van der Waals surface area contributed by atoms with Crippen LogP contribution in [0.25, 0.3) is 0 Å². The molecular formula is C16H19NOS. The zero-order chi connectivity index (χ0) is 13.5. The number of aromatic nitrogens is 1. The maximum atomic E-state index is 10.2. The number of benzene rings is 1. The average Bonchev–Trinajstić information content (AvgIpc) is 2.84. The maximum absolute atomic E-state index is 10.2. The lowest BCUT2D eigenvalue weighted by Gasteiger charge is -2.08. The summed E-state index contributed by atoms with van der Waals surface area (Å²) in [6, 6.07) is 9.80. The van der Waals surface area contributed by atoms with Crippen LogP contribution < -0.4 is 0 Å². The van der Waals surface area contributed by atoms with E-state index < -0.39 is 6.10 Å². The van der Waals surface area contributed by atoms with Gasteiger partial charge >= 0.3 is 0 Å². The molecule has 1 aliphatic rings. The first-order chi connectivity index (χ1) is 9.06. The van der Waals surface area contributed by atoms with Crippen LogP contribution in [0.5, 0.6) is 0 Å². The van der Waals surface area contributed by atoms with E-state index in [-0.39, 0.29) is 0 Å². The van der Waals surface area contributed by atoms with Crippen LogP contribution in [-0.2, 0) is 6.42 Å². The Bertz CT molecular complexity index is 561. The Labute approximate surface area is 118 Å². The molecule has 2 atom stereocenters. The standard InChI is InChI=1S/C16H19NOS/c1-16(2)9-13(16)15-17-12(10-19-15)8-14(18)11-6-4-3-5-7-11/h3-7,10,13-14,18H,8-9H2,1-2H3. The largest absolute Gasteiger partial charge is 0.388 e. The van der Waals surface area contributed by atoms with Crippen molar-refractivity contribution in [3.05, 3.63) is 52.0 Å². The van der Waals surface area contributed by atoms with Gasteiger partial charge in [-0.1, -0.05) is 44.2 Å². The second-order valence-electron chi connectivity index (χ2n) is 6.05. The predicted octanol–water partition coefficient (Wildman–Crippen LogP) is 3.93. The normalized spacial score (nSPS) is 22.2. The summed E-state index contributed by atoms with van der Waals surface area (Å²) in [5.74, 6) is 0.625. The van der Waals surface area contributed by atoms with Gasteiger partial charge in [-0.3, -0.25) is 0 Å². The van der Waals surface area contributed by atoms with E-state index >= 15 is 0 Å². The second-order valence-corrected chi connectivity index (χ2v) is 6.94. The lowest BCUT2D eigenvalue weighted by Crippen LogP contribution is -2.02. The molecule has 0 spiro atoms. The molecule has 2 aromatic rings. The van der Waals surface area contributed by atoms with Gasteiger partial charge in [-0.2, -0.15) is 0 Å². The van der Waals surface area contributed by atoms with Gasteiger partial charge in [-0.15, -0.1) is 11.3 Å². The van der Waals surface area contributed by atoms with Crippen LogP contribution in [0.2, 0.25) is 0 Å². The minimum Gasteiger partial charge on any atom is -0.388 e. The number of rotatable bonds is 4. The fourth-order valence-corrected chi connectivity index (χ4v) is 3.60. The van der Waals surface area contributed by atoms with Crippen LogP contribution in [-0.4, -0.2) is 10.1 Å². The van der Waals surface area contributed by atoms with Crippen molar-refractivity contribution in [2.24, 2.45) is 5.41 Å². The Morgan fingerprint density at radius 3 is 2.68 bits per heavy atom. The third kappa shape index (κ3) is 2.72. The third-order valence-electron chi connectivity index (χ3n) is 3.97. The van der Waals surface area contributed by atoms with Gasteiger partial charge in [-0.05, 0) is 17.4 Å². The Balaban J connectivity index is 1.68. The van der Waals surface area contributed by atoms with Crippen molar-refractivity contribution in [3.63, 3.8) is 0 Å². The molecule has 0 radical (unpaired) electrons. The van der Waals surface area contributed by atoms with E-state index in [1.807, 2.05) is 30.3 Å². The van der Waals surface area contributed by atoms with Crippen LogP contribution >= 0.6 is 11.3 Å². The minimum absolute atomic E-state index is 0.424. The monoisotopic (exact) mass is 273 g/mol. The fourth-order valence-electron chi connectivity index (χ4n) is 2.46. The summed E-state index contributed by atoms with van der Waals surface area (Å²) in [6.45, 7) is 4.58. The van der Waals surface area contributed by atoms with Gasteiger partial charge in [0.1, 0.15) is 0 Å². The van der Waals surface area contributed by atoms with E-state index in [1.54, 1.807) is 11.3 Å². The lowest BCUT2D eigenvalue weighted by molar-refractivity contribution is 0.177. The summed E-state index contributed by atoms with van der Waals surface area (Å²) in [5, 5.41) is 13.5. The lowest BCUT2D eigenvalue weighted by atomic mass is 10.1. The Hall–Kier alpha value is -1.19. The van der Waals surface area contributed by atoms with Crippen molar-refractivity contribution < 1.29 is 5.11 Å². The van der Waals surface area contributed by atoms with Gasteiger partial charge in [-0.25, -0.2) is 4.98 Å². The highest BCUT2D eigenvalue weighted by Crippen LogP contribution is 2.59. The smallest absolute Gasteiger partial charge is 0.0964 e. The SMILES string of the molecule is CC1(C)CC1c1nc(CC(O)c2ccccc2)cs1. The summed E-state index contributed by atoms with van der Waals surface area (Å²) in [5.41, 5.74) is 2.40. The molecule has 100 valence electrons. The third-order valence-corrected chi connectivity index (χ3v) is 4.98. The molecule has 1 aliphatic carbocycles. The van der Waals surface area contributed by atoms with Crippen molar-refractivity contribution in [2.75, 3.05) is 0 Å². The molecule has 0 bridgehead atoms. The van der Waals surface area contributed by atoms with Crippen molar-refractivity contribution in [3.8, 4) is 0 Å². The van der Waals surface area contributed by atoms with Crippen LogP contribution in [0.15, 0.2) is 35.7 Å². The summed E-state index contributed by atoms with van der Waals surface area (Å²) < 4.78 is 0. The molecule has 19 heavy (non-hydrogen) atoms. The van der Waals surface area contributed by atoms with E-state index in [0.29, 0.717) is 17.8 Å². The fraction of sp³-hybridized carbons (Fsp3) is 0.438. The number of nitrogens with zero attached hydrogens (tertiary/aromatic N) is 1. The second kappa shape index (κ2) is 4.73. The zero-order valence-corrected chi connectivity index (χ0v) is 12.2. The average molecular weight is 273 g/mol. The first-order valence-electron chi connectivity index (χ1n) is 6.73. The van der Waals surface area contributed by atoms with Crippen molar-refractivity contribution >= 4 is 11.3 Å². The van der Waals surface area contributed by atoms with Crippen LogP contribution in [0, 0.1) is 5.41 Å². The van der Waals surface area contributed by atoms with E-state index in [0.717, 1.165) is 11.3 Å². The quantitative estimate of drug-likeness (QED) is 0.915. The number of hydrogen-bond acceptors (Lipinski definition) is 3. The number of aliphatic hydroxyl groups is 1. The van der Waals surface area contributed by atoms with E-state index in [2.05, 4.69) is 19.2 Å². The Morgan fingerprint density at radius 1 is 1.37 bits per heavy atom. The summed E-state index contributed by atoms with van der Waals surface area (Å²) >= 11 is 1.74.